The molecule has 2 heteroatoms. The second kappa shape index (κ2) is 6.57. The largest absolute Gasteiger partial charge is 0.482 e. The molecule has 2 rings (SSSR count). The molecule has 0 aliphatic heterocycles. The van der Waals surface area contributed by atoms with Crippen LogP contribution < -0.4 is 4.74 Å². The van der Waals surface area contributed by atoms with Gasteiger partial charge in [-0.25, -0.2) is 0 Å². The Hall–Kier alpha value is -2.09. The minimum absolute atomic E-state index is 0.0126. The summed E-state index contributed by atoms with van der Waals surface area (Å²) in [4.78, 5) is 12.4. The molecular formula is C19H22O2. The molecule has 0 radical (unpaired) electrons. The van der Waals surface area contributed by atoms with Gasteiger partial charge in [-0.1, -0.05) is 43.3 Å². The Morgan fingerprint density at radius 1 is 1.10 bits per heavy atom. The highest BCUT2D eigenvalue weighted by Crippen LogP contribution is 2.21. The van der Waals surface area contributed by atoms with E-state index in [0.717, 1.165) is 23.3 Å². The molecule has 0 saturated carbocycles. The molecule has 110 valence electrons. The van der Waals surface area contributed by atoms with E-state index >= 15 is 0 Å². The standard InChI is InChI=1S/C19H22O2/c1-5-16-8-10-17(11-9-16)19(20)15(4)21-18-12-13(2)6-7-14(18)3/h6-12,15H,5H2,1-4H3. The van der Waals surface area contributed by atoms with Crippen molar-refractivity contribution in [1.82, 2.24) is 0 Å². The molecule has 0 fully saturated rings. The van der Waals surface area contributed by atoms with Crippen molar-refractivity contribution in [1.29, 1.82) is 0 Å². The van der Waals surface area contributed by atoms with E-state index in [1.165, 1.54) is 5.56 Å². The van der Waals surface area contributed by atoms with Gasteiger partial charge < -0.3 is 4.74 Å². The smallest absolute Gasteiger partial charge is 0.202 e. The molecule has 0 aromatic heterocycles. The van der Waals surface area contributed by atoms with Gasteiger partial charge in [0.1, 0.15) is 5.75 Å². The zero-order chi connectivity index (χ0) is 15.4. The number of rotatable bonds is 5. The number of benzene rings is 2. The lowest BCUT2D eigenvalue weighted by molar-refractivity contribution is 0.0817. The van der Waals surface area contributed by atoms with Crippen molar-refractivity contribution in [2.75, 3.05) is 0 Å². The van der Waals surface area contributed by atoms with E-state index in [9.17, 15) is 4.79 Å². The van der Waals surface area contributed by atoms with Crippen LogP contribution in [-0.2, 0) is 6.42 Å². The third-order valence-electron chi connectivity index (χ3n) is 3.66. The fourth-order valence-corrected chi connectivity index (χ4v) is 2.22. The van der Waals surface area contributed by atoms with E-state index in [1.807, 2.05) is 56.3 Å². The molecule has 2 aromatic rings. The highest BCUT2D eigenvalue weighted by Gasteiger charge is 2.17. The molecule has 0 N–H and O–H groups in total. The van der Waals surface area contributed by atoms with Crippen molar-refractivity contribution in [3.63, 3.8) is 0 Å². The van der Waals surface area contributed by atoms with Crippen LogP contribution >= 0.6 is 0 Å². The number of hydrogen-bond donors (Lipinski definition) is 0. The van der Waals surface area contributed by atoms with Crippen LogP contribution in [0, 0.1) is 13.8 Å². The summed E-state index contributed by atoms with van der Waals surface area (Å²) in [5.41, 5.74) is 4.10. The third kappa shape index (κ3) is 3.72. The maximum Gasteiger partial charge on any atom is 0.202 e. The highest BCUT2D eigenvalue weighted by atomic mass is 16.5. The lowest BCUT2D eigenvalue weighted by Crippen LogP contribution is -2.24. The first-order valence-electron chi connectivity index (χ1n) is 7.38. The molecule has 0 aliphatic rings. The topological polar surface area (TPSA) is 26.3 Å². The highest BCUT2D eigenvalue weighted by molar-refractivity contribution is 5.99. The number of carbonyl (C=O) groups is 1. The van der Waals surface area contributed by atoms with Crippen molar-refractivity contribution in [2.24, 2.45) is 0 Å². The molecule has 0 aliphatic carbocycles. The zero-order valence-corrected chi connectivity index (χ0v) is 13.1. The van der Waals surface area contributed by atoms with E-state index in [0.29, 0.717) is 5.56 Å². The molecular weight excluding hydrogens is 260 g/mol. The zero-order valence-electron chi connectivity index (χ0n) is 13.1. The fraction of sp³-hybridized carbons (Fsp3) is 0.316. The first-order chi connectivity index (χ1) is 10.0. The Balaban J connectivity index is 2.13. The van der Waals surface area contributed by atoms with Gasteiger partial charge in [0.2, 0.25) is 5.78 Å². The van der Waals surface area contributed by atoms with E-state index < -0.39 is 6.10 Å². The maximum absolute atomic E-state index is 12.4. The molecule has 2 nitrogen and oxygen atoms in total. The summed E-state index contributed by atoms with van der Waals surface area (Å²) in [7, 11) is 0. The summed E-state index contributed by atoms with van der Waals surface area (Å²) in [5.74, 6) is 0.791. The van der Waals surface area contributed by atoms with Crippen molar-refractivity contribution < 1.29 is 9.53 Å². The average Bonchev–Trinajstić information content (AvgIpc) is 2.50. The van der Waals surface area contributed by atoms with Gasteiger partial charge in [-0.2, -0.15) is 0 Å². The Labute approximate surface area is 126 Å². The SMILES string of the molecule is CCc1ccc(C(=O)C(C)Oc2cc(C)ccc2C)cc1. The van der Waals surface area contributed by atoms with Crippen LogP contribution in [0.2, 0.25) is 0 Å². The van der Waals surface area contributed by atoms with E-state index in [-0.39, 0.29) is 5.78 Å². The third-order valence-corrected chi connectivity index (χ3v) is 3.66. The normalized spacial score (nSPS) is 12.0. The van der Waals surface area contributed by atoms with Gasteiger partial charge in [0, 0.05) is 5.56 Å². The Bertz CT molecular complexity index is 627. The molecule has 0 spiro atoms. The van der Waals surface area contributed by atoms with Crippen molar-refractivity contribution in [3.05, 3.63) is 64.7 Å². The van der Waals surface area contributed by atoms with Crippen LogP contribution in [0.4, 0.5) is 0 Å². The summed E-state index contributed by atoms with van der Waals surface area (Å²) in [5, 5.41) is 0. The van der Waals surface area contributed by atoms with Crippen molar-refractivity contribution >= 4 is 5.78 Å². The van der Waals surface area contributed by atoms with E-state index in [1.54, 1.807) is 6.92 Å². The lowest BCUT2D eigenvalue weighted by atomic mass is 10.0. The average molecular weight is 282 g/mol. The second-order valence-electron chi connectivity index (χ2n) is 5.44. The summed E-state index contributed by atoms with van der Waals surface area (Å²) in [6.45, 7) is 7.91. The van der Waals surface area contributed by atoms with Gasteiger partial charge in [0.15, 0.2) is 6.10 Å². The molecule has 0 heterocycles. The number of aryl methyl sites for hydroxylation is 3. The maximum atomic E-state index is 12.4. The van der Waals surface area contributed by atoms with Gasteiger partial charge in [0.05, 0.1) is 0 Å². The predicted molar refractivity (Wildman–Crippen MR) is 86.2 cm³/mol. The number of ketones is 1. The molecule has 0 amide bonds. The van der Waals surface area contributed by atoms with Crippen LogP contribution in [0.25, 0.3) is 0 Å². The summed E-state index contributed by atoms with van der Waals surface area (Å²) in [6.07, 6.45) is 0.487. The number of ether oxygens (including phenoxy) is 1. The van der Waals surface area contributed by atoms with E-state index in [2.05, 4.69) is 6.92 Å². The monoisotopic (exact) mass is 282 g/mol. The fourth-order valence-electron chi connectivity index (χ4n) is 2.22. The molecule has 1 atom stereocenters. The van der Waals surface area contributed by atoms with Gasteiger partial charge in [-0.3, -0.25) is 4.79 Å². The van der Waals surface area contributed by atoms with Gasteiger partial charge >= 0.3 is 0 Å². The summed E-state index contributed by atoms with van der Waals surface area (Å²) >= 11 is 0. The summed E-state index contributed by atoms with van der Waals surface area (Å²) < 4.78 is 5.85. The lowest BCUT2D eigenvalue weighted by Gasteiger charge is -2.16. The number of carbonyl (C=O) groups excluding carboxylic acids is 1. The molecule has 21 heavy (non-hydrogen) atoms. The van der Waals surface area contributed by atoms with Gasteiger partial charge in [-0.15, -0.1) is 0 Å². The summed E-state index contributed by atoms with van der Waals surface area (Å²) in [6, 6.07) is 13.8. The number of Topliss-reactive ketones (excluding diaryl/α,β-unsaturated/α-hetero) is 1. The first kappa shape index (κ1) is 15.3. The van der Waals surface area contributed by atoms with Crippen molar-refractivity contribution in [2.45, 2.75) is 40.2 Å². The van der Waals surface area contributed by atoms with Crippen LogP contribution in [0.3, 0.4) is 0 Å². The van der Waals surface area contributed by atoms with Crippen LogP contribution in [0.1, 0.15) is 40.9 Å². The molecule has 0 bridgehead atoms. The van der Waals surface area contributed by atoms with E-state index in [4.69, 9.17) is 4.74 Å². The predicted octanol–water partition coefficient (Wildman–Crippen LogP) is 4.52. The van der Waals surface area contributed by atoms with Gasteiger partial charge in [-0.05, 0) is 49.9 Å². The van der Waals surface area contributed by atoms with Crippen LogP contribution in [0.15, 0.2) is 42.5 Å². The Morgan fingerprint density at radius 2 is 1.76 bits per heavy atom. The molecule has 0 saturated heterocycles. The molecule has 2 aromatic carbocycles. The van der Waals surface area contributed by atoms with Gasteiger partial charge in [0.25, 0.3) is 0 Å². The Kier molecular flexibility index (Phi) is 4.79. The van der Waals surface area contributed by atoms with Crippen LogP contribution in [-0.4, -0.2) is 11.9 Å². The van der Waals surface area contributed by atoms with Crippen LogP contribution in [0.5, 0.6) is 5.75 Å². The van der Waals surface area contributed by atoms with Crippen molar-refractivity contribution in [3.8, 4) is 5.75 Å². The minimum atomic E-state index is -0.488. The minimum Gasteiger partial charge on any atom is -0.482 e. The Morgan fingerprint density at radius 3 is 2.38 bits per heavy atom. The number of hydrogen-bond acceptors (Lipinski definition) is 2. The quantitative estimate of drug-likeness (QED) is 0.754. The first-order valence-corrected chi connectivity index (χ1v) is 7.38. The second-order valence-corrected chi connectivity index (χ2v) is 5.44. The molecule has 1 unspecified atom stereocenters.